The molecule has 0 unspecified atom stereocenters. The topological polar surface area (TPSA) is 53.4 Å². The van der Waals surface area contributed by atoms with Gasteiger partial charge in [-0.15, -0.1) is 11.3 Å². The van der Waals surface area contributed by atoms with Gasteiger partial charge in [-0.05, 0) is 13.8 Å². The third-order valence-electron chi connectivity index (χ3n) is 1.10. The summed E-state index contributed by atoms with van der Waals surface area (Å²) in [6, 6.07) is 0. The molecule has 62 valence electrons. The Morgan fingerprint density at radius 3 is 2.55 bits per heavy atom. The van der Waals surface area contributed by atoms with Crippen LogP contribution in [-0.2, 0) is 5.60 Å². The van der Waals surface area contributed by atoms with Gasteiger partial charge in [-0.3, -0.25) is 0 Å². The van der Waals surface area contributed by atoms with E-state index in [0.29, 0.717) is 21.3 Å². The molecule has 0 fully saturated rings. The number of rotatable bonds is 2. The Kier molecular flexibility index (Phi) is 2.54. The van der Waals surface area contributed by atoms with Crippen molar-refractivity contribution in [2.24, 2.45) is 0 Å². The first-order chi connectivity index (χ1) is 5.04. The first-order valence-electron chi connectivity index (χ1n) is 3.04. The zero-order valence-electron chi connectivity index (χ0n) is 6.24. The van der Waals surface area contributed by atoms with Crippen LogP contribution < -0.4 is 0 Å². The molecule has 0 aliphatic rings. The van der Waals surface area contributed by atoms with Gasteiger partial charge in [-0.25, -0.2) is 4.98 Å². The molecule has 5 heteroatoms. The van der Waals surface area contributed by atoms with Crippen molar-refractivity contribution in [1.29, 1.82) is 0 Å². The number of aromatic nitrogens is 1. The molecule has 0 aliphatic heterocycles. The Morgan fingerprint density at radius 2 is 2.27 bits per heavy atom. The van der Waals surface area contributed by atoms with E-state index in [1.807, 2.05) is 0 Å². The second kappa shape index (κ2) is 3.10. The minimum atomic E-state index is -0.904. The summed E-state index contributed by atoms with van der Waals surface area (Å²) in [6.07, 6.45) is 1.54. The minimum Gasteiger partial charge on any atom is -0.383 e. The highest BCUT2D eigenvalue weighted by Crippen LogP contribution is 2.29. The predicted molar refractivity (Wildman–Crippen MR) is 45.8 cm³/mol. The first kappa shape index (κ1) is 8.99. The SMILES string of the molecule is CC(C)(O)c1ncc(SO)s1. The molecule has 2 N–H and O–H groups in total. The fourth-order valence-electron chi connectivity index (χ4n) is 0.584. The van der Waals surface area contributed by atoms with E-state index < -0.39 is 5.60 Å². The number of aliphatic hydroxyl groups is 1. The van der Waals surface area contributed by atoms with Gasteiger partial charge in [0.15, 0.2) is 0 Å². The van der Waals surface area contributed by atoms with E-state index in [9.17, 15) is 5.11 Å². The summed E-state index contributed by atoms with van der Waals surface area (Å²) in [4.78, 5) is 3.95. The quantitative estimate of drug-likeness (QED) is 0.701. The van der Waals surface area contributed by atoms with Crippen LogP contribution >= 0.6 is 23.4 Å². The fourth-order valence-corrected chi connectivity index (χ4v) is 1.72. The number of hydrogen-bond donors (Lipinski definition) is 2. The van der Waals surface area contributed by atoms with Crippen molar-refractivity contribution in [2.45, 2.75) is 23.7 Å². The Labute approximate surface area is 73.3 Å². The Hall–Kier alpha value is -0.100. The number of nitrogens with zero attached hydrogens (tertiary/aromatic N) is 1. The second-order valence-electron chi connectivity index (χ2n) is 2.63. The summed E-state index contributed by atoms with van der Waals surface area (Å²) < 4.78 is 9.32. The van der Waals surface area contributed by atoms with Crippen molar-refractivity contribution in [1.82, 2.24) is 4.98 Å². The zero-order valence-corrected chi connectivity index (χ0v) is 7.87. The van der Waals surface area contributed by atoms with E-state index in [-0.39, 0.29) is 0 Å². The summed E-state index contributed by atoms with van der Waals surface area (Å²) >= 11 is 1.94. The maximum absolute atomic E-state index is 9.45. The molecule has 0 spiro atoms. The molecule has 0 saturated heterocycles. The van der Waals surface area contributed by atoms with E-state index in [1.54, 1.807) is 20.0 Å². The number of thiazole rings is 1. The lowest BCUT2D eigenvalue weighted by molar-refractivity contribution is 0.0783. The molecule has 3 nitrogen and oxygen atoms in total. The van der Waals surface area contributed by atoms with Crippen LogP contribution in [0.1, 0.15) is 18.9 Å². The summed E-state index contributed by atoms with van der Waals surface area (Å²) in [5.41, 5.74) is -0.904. The molecule has 0 radical (unpaired) electrons. The third kappa shape index (κ3) is 2.16. The van der Waals surface area contributed by atoms with Gasteiger partial charge < -0.3 is 9.66 Å². The van der Waals surface area contributed by atoms with Crippen molar-refractivity contribution >= 4 is 23.4 Å². The van der Waals surface area contributed by atoms with Crippen LogP contribution in [0.5, 0.6) is 0 Å². The van der Waals surface area contributed by atoms with Crippen LogP contribution in [0.2, 0.25) is 0 Å². The van der Waals surface area contributed by atoms with Crippen LogP contribution in [0.3, 0.4) is 0 Å². The molecule has 0 aromatic carbocycles. The van der Waals surface area contributed by atoms with Crippen LogP contribution in [0.4, 0.5) is 0 Å². The molecule has 1 aromatic rings. The van der Waals surface area contributed by atoms with Gasteiger partial charge in [0.2, 0.25) is 0 Å². The van der Waals surface area contributed by atoms with Gasteiger partial charge in [0.05, 0.1) is 6.20 Å². The average molecular weight is 191 g/mol. The monoisotopic (exact) mass is 191 g/mol. The van der Waals surface area contributed by atoms with Crippen molar-refractivity contribution in [3.8, 4) is 0 Å². The van der Waals surface area contributed by atoms with Gasteiger partial charge in [0, 0.05) is 12.0 Å². The third-order valence-corrected chi connectivity index (χ3v) is 2.96. The second-order valence-corrected chi connectivity index (χ2v) is 4.55. The molecule has 1 heterocycles. The van der Waals surface area contributed by atoms with E-state index in [0.717, 1.165) is 0 Å². The molecular formula is C6H9NO2S2. The molecule has 1 rings (SSSR count). The van der Waals surface area contributed by atoms with Gasteiger partial charge in [0.25, 0.3) is 0 Å². The lowest BCUT2D eigenvalue weighted by Gasteiger charge is -2.11. The van der Waals surface area contributed by atoms with Gasteiger partial charge in [-0.2, -0.15) is 0 Å². The smallest absolute Gasteiger partial charge is 0.125 e. The highest BCUT2D eigenvalue weighted by Gasteiger charge is 2.20. The Balaban J connectivity index is 2.89. The van der Waals surface area contributed by atoms with E-state index in [1.165, 1.54) is 11.3 Å². The maximum Gasteiger partial charge on any atom is 0.125 e. The van der Waals surface area contributed by atoms with Crippen molar-refractivity contribution in [3.05, 3.63) is 11.2 Å². The van der Waals surface area contributed by atoms with Crippen LogP contribution in [-0.4, -0.2) is 14.6 Å². The van der Waals surface area contributed by atoms with Crippen molar-refractivity contribution in [3.63, 3.8) is 0 Å². The molecule has 0 amide bonds. The normalized spacial score (nSPS) is 12.0. The first-order valence-corrected chi connectivity index (χ1v) is 4.63. The van der Waals surface area contributed by atoms with Gasteiger partial charge in [0.1, 0.15) is 14.8 Å². The molecule has 1 aromatic heterocycles. The van der Waals surface area contributed by atoms with Gasteiger partial charge in [-0.1, -0.05) is 0 Å². The van der Waals surface area contributed by atoms with Gasteiger partial charge >= 0.3 is 0 Å². The Morgan fingerprint density at radius 1 is 1.64 bits per heavy atom. The van der Waals surface area contributed by atoms with E-state index in [4.69, 9.17) is 4.55 Å². The molecule has 11 heavy (non-hydrogen) atoms. The van der Waals surface area contributed by atoms with Crippen LogP contribution in [0.25, 0.3) is 0 Å². The Bertz CT molecular complexity index is 241. The predicted octanol–water partition coefficient (Wildman–Crippen LogP) is 1.94. The lowest BCUT2D eigenvalue weighted by Crippen LogP contribution is -2.14. The zero-order chi connectivity index (χ0) is 8.48. The average Bonchev–Trinajstić information content (AvgIpc) is 2.32. The highest BCUT2D eigenvalue weighted by atomic mass is 32.2. The lowest BCUT2D eigenvalue weighted by atomic mass is 10.2. The molecule has 0 atom stereocenters. The maximum atomic E-state index is 9.45. The summed E-state index contributed by atoms with van der Waals surface area (Å²) in [6.45, 7) is 3.33. The van der Waals surface area contributed by atoms with Crippen molar-refractivity contribution < 1.29 is 9.66 Å². The molecule has 0 saturated carbocycles. The summed E-state index contributed by atoms with van der Waals surface area (Å²) in [7, 11) is 0. The van der Waals surface area contributed by atoms with E-state index >= 15 is 0 Å². The summed E-state index contributed by atoms with van der Waals surface area (Å²) in [5.74, 6) is 0. The molecule has 0 aliphatic carbocycles. The fraction of sp³-hybridized carbons (Fsp3) is 0.500. The minimum absolute atomic E-state index is 0.619. The molecule has 0 bridgehead atoms. The molecular weight excluding hydrogens is 182 g/mol. The van der Waals surface area contributed by atoms with E-state index in [2.05, 4.69) is 4.98 Å². The largest absolute Gasteiger partial charge is 0.383 e. The highest BCUT2D eigenvalue weighted by molar-refractivity contribution is 7.95. The van der Waals surface area contributed by atoms with Crippen molar-refractivity contribution in [2.75, 3.05) is 0 Å². The number of hydrogen-bond acceptors (Lipinski definition) is 5. The van der Waals surface area contributed by atoms with Crippen LogP contribution in [0.15, 0.2) is 10.4 Å². The summed E-state index contributed by atoms with van der Waals surface area (Å²) in [5, 5.41) is 10.1. The standard InChI is InChI=1S/C6H9NO2S2/c1-6(2,8)5-7-3-4(10-5)11-9/h3,8-9H,1-2H3. The van der Waals surface area contributed by atoms with Crippen LogP contribution in [0, 0.1) is 0 Å².